The van der Waals surface area contributed by atoms with Gasteiger partial charge in [-0.05, 0) is 24.0 Å². The van der Waals surface area contributed by atoms with Crippen LogP contribution < -0.4 is 10.2 Å². The van der Waals surface area contributed by atoms with Gasteiger partial charge in [-0.2, -0.15) is 0 Å². The quantitative estimate of drug-likeness (QED) is 0.935. The second-order valence-electron chi connectivity index (χ2n) is 5.95. The first kappa shape index (κ1) is 14.5. The van der Waals surface area contributed by atoms with E-state index in [2.05, 4.69) is 53.7 Å². The SMILES string of the molecule is CC(C)NCc1csc(N2CCCc3ccccc3C2)n1. The van der Waals surface area contributed by atoms with Crippen LogP contribution in [0, 0.1) is 0 Å². The van der Waals surface area contributed by atoms with Gasteiger partial charge in [0.25, 0.3) is 0 Å². The van der Waals surface area contributed by atoms with Crippen molar-refractivity contribution in [3.8, 4) is 0 Å². The molecule has 2 aromatic rings. The van der Waals surface area contributed by atoms with E-state index in [9.17, 15) is 0 Å². The number of benzene rings is 1. The smallest absolute Gasteiger partial charge is 0.185 e. The van der Waals surface area contributed by atoms with Crippen molar-refractivity contribution in [1.82, 2.24) is 10.3 Å². The predicted molar refractivity (Wildman–Crippen MR) is 89.9 cm³/mol. The molecule has 112 valence electrons. The van der Waals surface area contributed by atoms with Gasteiger partial charge < -0.3 is 10.2 Å². The average Bonchev–Trinajstić information content (AvgIpc) is 2.84. The van der Waals surface area contributed by atoms with E-state index in [0.29, 0.717) is 6.04 Å². The van der Waals surface area contributed by atoms with Crippen LogP contribution >= 0.6 is 11.3 Å². The van der Waals surface area contributed by atoms with Gasteiger partial charge in [-0.3, -0.25) is 0 Å². The summed E-state index contributed by atoms with van der Waals surface area (Å²) in [5.41, 5.74) is 4.10. The van der Waals surface area contributed by atoms with Crippen LogP contribution in [0.25, 0.3) is 0 Å². The number of aromatic nitrogens is 1. The third kappa shape index (κ3) is 3.63. The number of nitrogens with zero attached hydrogens (tertiary/aromatic N) is 2. The van der Waals surface area contributed by atoms with Crippen LogP contribution in [0.5, 0.6) is 0 Å². The Kier molecular flexibility index (Phi) is 4.56. The zero-order valence-corrected chi connectivity index (χ0v) is 13.6. The summed E-state index contributed by atoms with van der Waals surface area (Å²) < 4.78 is 0. The Labute approximate surface area is 131 Å². The van der Waals surface area contributed by atoms with Crippen LogP contribution in [0.2, 0.25) is 0 Å². The third-order valence-electron chi connectivity index (χ3n) is 3.86. The number of rotatable bonds is 4. The van der Waals surface area contributed by atoms with E-state index in [1.54, 1.807) is 11.3 Å². The van der Waals surface area contributed by atoms with Crippen molar-refractivity contribution in [3.63, 3.8) is 0 Å². The van der Waals surface area contributed by atoms with Crippen LogP contribution in [0.3, 0.4) is 0 Å². The summed E-state index contributed by atoms with van der Waals surface area (Å²) in [7, 11) is 0. The lowest BCUT2D eigenvalue weighted by Crippen LogP contribution is -2.23. The van der Waals surface area contributed by atoms with E-state index >= 15 is 0 Å². The molecule has 0 unspecified atom stereocenters. The molecular formula is C17H23N3S. The maximum Gasteiger partial charge on any atom is 0.185 e. The number of aryl methyl sites for hydroxylation is 1. The fraction of sp³-hybridized carbons (Fsp3) is 0.471. The minimum Gasteiger partial charge on any atom is -0.344 e. The summed E-state index contributed by atoms with van der Waals surface area (Å²) in [5, 5.41) is 6.77. The first-order chi connectivity index (χ1) is 10.2. The van der Waals surface area contributed by atoms with E-state index in [0.717, 1.165) is 30.5 Å². The van der Waals surface area contributed by atoms with Crippen LogP contribution in [0.15, 0.2) is 29.6 Å². The van der Waals surface area contributed by atoms with Crippen LogP contribution in [-0.4, -0.2) is 17.6 Å². The number of thiazole rings is 1. The molecule has 0 spiro atoms. The van der Waals surface area contributed by atoms with Crippen molar-refractivity contribution >= 4 is 16.5 Å². The van der Waals surface area contributed by atoms with E-state index in [1.807, 2.05) is 0 Å². The lowest BCUT2D eigenvalue weighted by atomic mass is 10.0. The van der Waals surface area contributed by atoms with Gasteiger partial charge in [0.2, 0.25) is 0 Å². The summed E-state index contributed by atoms with van der Waals surface area (Å²) >= 11 is 1.77. The van der Waals surface area contributed by atoms with Gasteiger partial charge in [-0.1, -0.05) is 38.1 Å². The molecule has 4 heteroatoms. The molecule has 0 fully saturated rings. The molecule has 1 aliphatic heterocycles. The lowest BCUT2D eigenvalue weighted by Gasteiger charge is -2.19. The molecule has 1 aromatic carbocycles. The predicted octanol–water partition coefficient (Wildman–Crippen LogP) is 3.59. The zero-order chi connectivity index (χ0) is 14.7. The molecule has 3 nitrogen and oxygen atoms in total. The molecule has 1 N–H and O–H groups in total. The fourth-order valence-electron chi connectivity index (χ4n) is 2.70. The standard InChI is InChI=1S/C17H23N3S/c1-13(2)18-10-16-12-21-17(19-16)20-9-5-8-14-6-3-4-7-15(14)11-20/h3-4,6-7,12-13,18H,5,8-11H2,1-2H3. The molecule has 0 aliphatic carbocycles. The molecule has 1 aliphatic rings. The maximum atomic E-state index is 4.80. The van der Waals surface area contributed by atoms with E-state index in [-0.39, 0.29) is 0 Å². The summed E-state index contributed by atoms with van der Waals surface area (Å²) in [6.07, 6.45) is 2.38. The van der Waals surface area contributed by atoms with Gasteiger partial charge in [0, 0.05) is 31.1 Å². The highest BCUT2D eigenvalue weighted by Gasteiger charge is 2.16. The number of hydrogen-bond donors (Lipinski definition) is 1. The first-order valence-corrected chi connectivity index (χ1v) is 8.60. The molecule has 0 saturated carbocycles. The summed E-state index contributed by atoms with van der Waals surface area (Å²) in [6.45, 7) is 7.27. The Hall–Kier alpha value is -1.39. The Morgan fingerprint density at radius 3 is 2.90 bits per heavy atom. The van der Waals surface area contributed by atoms with Crippen molar-refractivity contribution in [2.45, 2.75) is 45.8 Å². The molecule has 0 amide bonds. The Morgan fingerprint density at radius 1 is 1.29 bits per heavy atom. The van der Waals surface area contributed by atoms with E-state index < -0.39 is 0 Å². The summed E-state index contributed by atoms with van der Waals surface area (Å²) in [5.74, 6) is 0. The zero-order valence-electron chi connectivity index (χ0n) is 12.8. The molecule has 21 heavy (non-hydrogen) atoms. The van der Waals surface area contributed by atoms with Crippen LogP contribution in [0.1, 0.15) is 37.1 Å². The largest absolute Gasteiger partial charge is 0.344 e. The topological polar surface area (TPSA) is 28.2 Å². The molecular weight excluding hydrogens is 278 g/mol. The van der Waals surface area contributed by atoms with E-state index in [4.69, 9.17) is 4.98 Å². The first-order valence-electron chi connectivity index (χ1n) is 7.72. The minimum absolute atomic E-state index is 0.500. The second kappa shape index (κ2) is 6.58. The van der Waals surface area contributed by atoms with E-state index in [1.165, 1.54) is 24.0 Å². The highest BCUT2D eigenvalue weighted by molar-refractivity contribution is 7.13. The lowest BCUT2D eigenvalue weighted by molar-refractivity contribution is 0.582. The highest BCUT2D eigenvalue weighted by Crippen LogP contribution is 2.26. The maximum absolute atomic E-state index is 4.80. The Morgan fingerprint density at radius 2 is 2.10 bits per heavy atom. The minimum atomic E-state index is 0.500. The Balaban J connectivity index is 1.72. The molecule has 0 saturated heterocycles. The highest BCUT2D eigenvalue weighted by atomic mass is 32.1. The number of anilines is 1. The van der Waals surface area contributed by atoms with Gasteiger partial charge in [0.05, 0.1) is 5.69 Å². The normalized spacial score (nSPS) is 15.1. The van der Waals surface area contributed by atoms with Crippen molar-refractivity contribution in [1.29, 1.82) is 0 Å². The van der Waals surface area contributed by atoms with Crippen molar-refractivity contribution in [2.75, 3.05) is 11.4 Å². The molecule has 0 atom stereocenters. The number of fused-ring (bicyclic) bond motifs is 1. The molecule has 0 bridgehead atoms. The fourth-order valence-corrected chi connectivity index (χ4v) is 3.55. The van der Waals surface area contributed by atoms with Gasteiger partial charge in [0.1, 0.15) is 0 Å². The second-order valence-corrected chi connectivity index (χ2v) is 6.79. The number of nitrogens with one attached hydrogen (secondary N) is 1. The molecule has 1 aromatic heterocycles. The van der Waals surface area contributed by atoms with Crippen LogP contribution in [0.4, 0.5) is 5.13 Å². The van der Waals surface area contributed by atoms with Gasteiger partial charge >= 0.3 is 0 Å². The summed E-state index contributed by atoms with van der Waals surface area (Å²) in [6, 6.07) is 9.30. The monoisotopic (exact) mass is 301 g/mol. The molecule has 2 heterocycles. The van der Waals surface area contributed by atoms with Crippen molar-refractivity contribution in [3.05, 3.63) is 46.5 Å². The Bertz CT molecular complexity index is 591. The number of hydrogen-bond acceptors (Lipinski definition) is 4. The average molecular weight is 301 g/mol. The molecule has 3 rings (SSSR count). The summed E-state index contributed by atoms with van der Waals surface area (Å²) in [4.78, 5) is 7.23. The van der Waals surface area contributed by atoms with Crippen LogP contribution in [-0.2, 0) is 19.5 Å². The molecule has 0 radical (unpaired) electrons. The van der Waals surface area contributed by atoms with Gasteiger partial charge in [0.15, 0.2) is 5.13 Å². The van der Waals surface area contributed by atoms with Gasteiger partial charge in [-0.15, -0.1) is 11.3 Å². The van der Waals surface area contributed by atoms with Crippen molar-refractivity contribution < 1.29 is 0 Å². The van der Waals surface area contributed by atoms with Crippen molar-refractivity contribution in [2.24, 2.45) is 0 Å². The van der Waals surface area contributed by atoms with Gasteiger partial charge in [-0.25, -0.2) is 4.98 Å². The third-order valence-corrected chi connectivity index (χ3v) is 4.81.